The molecule has 1 aliphatic carbocycles. The molecule has 5 heteroatoms. The predicted molar refractivity (Wildman–Crippen MR) is 106 cm³/mol. The van der Waals surface area contributed by atoms with E-state index in [9.17, 15) is 9.18 Å². The summed E-state index contributed by atoms with van der Waals surface area (Å²) < 4.78 is 19.2. The van der Waals surface area contributed by atoms with Crippen LogP contribution in [0.4, 0.5) is 4.39 Å². The Morgan fingerprint density at radius 1 is 1.21 bits per heavy atom. The summed E-state index contributed by atoms with van der Waals surface area (Å²) in [6.45, 7) is 0.748. The van der Waals surface area contributed by atoms with E-state index in [-0.39, 0.29) is 17.8 Å². The molecule has 2 aliphatic rings. The number of hydrogen-bond acceptors (Lipinski definition) is 2. The number of H-pyrrole nitrogens is 1. The Morgan fingerprint density at radius 2 is 2.14 bits per heavy atom. The van der Waals surface area contributed by atoms with Crippen molar-refractivity contribution in [2.24, 2.45) is 0 Å². The first-order chi connectivity index (χ1) is 13.7. The number of nitrogens with one attached hydrogen (secondary N) is 2. The zero-order valence-electron chi connectivity index (χ0n) is 15.7. The van der Waals surface area contributed by atoms with Gasteiger partial charge in [-0.25, -0.2) is 4.39 Å². The van der Waals surface area contributed by atoms with Crippen molar-refractivity contribution in [1.29, 1.82) is 0 Å². The molecule has 28 heavy (non-hydrogen) atoms. The first kappa shape index (κ1) is 17.3. The van der Waals surface area contributed by atoms with Crippen molar-refractivity contribution in [3.63, 3.8) is 0 Å². The molecule has 2 aromatic carbocycles. The van der Waals surface area contributed by atoms with Crippen LogP contribution in [-0.2, 0) is 24.1 Å². The van der Waals surface area contributed by atoms with Gasteiger partial charge in [-0.1, -0.05) is 12.1 Å². The number of rotatable bonds is 4. The topological polar surface area (TPSA) is 54.1 Å². The predicted octanol–water partition coefficient (Wildman–Crippen LogP) is 4.37. The molecule has 144 valence electrons. The maximum absolute atomic E-state index is 13.6. The van der Waals surface area contributed by atoms with Gasteiger partial charge in [0.25, 0.3) is 0 Å². The fourth-order valence-corrected chi connectivity index (χ4v) is 4.50. The summed E-state index contributed by atoms with van der Waals surface area (Å²) in [5.74, 6) is 0.804. The van der Waals surface area contributed by atoms with Crippen LogP contribution in [0.5, 0.6) is 5.75 Å². The van der Waals surface area contributed by atoms with Crippen molar-refractivity contribution in [2.75, 3.05) is 6.61 Å². The van der Waals surface area contributed by atoms with E-state index < -0.39 is 0 Å². The second kappa shape index (κ2) is 6.97. The fraction of sp³-hybridized carbons (Fsp3) is 0.348. The molecule has 1 aliphatic heterocycles. The summed E-state index contributed by atoms with van der Waals surface area (Å²) in [6.07, 6.45) is 4.94. The second-order valence-electron chi connectivity index (χ2n) is 7.76. The number of hydrogen-bond donors (Lipinski definition) is 2. The van der Waals surface area contributed by atoms with Gasteiger partial charge in [0.15, 0.2) is 0 Å². The Bertz CT molecular complexity index is 1060. The summed E-state index contributed by atoms with van der Waals surface area (Å²) in [5.41, 5.74) is 5.53. The highest BCUT2D eigenvalue weighted by molar-refractivity contribution is 5.85. The van der Waals surface area contributed by atoms with Crippen molar-refractivity contribution in [3.05, 3.63) is 64.6 Å². The Morgan fingerprint density at radius 3 is 3.07 bits per heavy atom. The molecule has 0 unspecified atom stereocenters. The molecule has 2 heterocycles. The second-order valence-corrected chi connectivity index (χ2v) is 7.76. The maximum Gasteiger partial charge on any atom is 0.220 e. The van der Waals surface area contributed by atoms with Gasteiger partial charge < -0.3 is 15.0 Å². The third kappa shape index (κ3) is 3.15. The Balaban J connectivity index is 1.28. The molecule has 3 aromatic rings. The molecular formula is C23H23FN2O2. The molecule has 0 saturated heterocycles. The van der Waals surface area contributed by atoms with Crippen molar-refractivity contribution >= 4 is 16.8 Å². The number of amides is 1. The van der Waals surface area contributed by atoms with E-state index in [0.717, 1.165) is 66.6 Å². The Labute approximate surface area is 163 Å². The van der Waals surface area contributed by atoms with Crippen LogP contribution in [-0.4, -0.2) is 17.5 Å². The lowest BCUT2D eigenvalue weighted by molar-refractivity contribution is -0.121. The molecule has 0 spiro atoms. The monoisotopic (exact) mass is 378 g/mol. The normalized spacial score (nSPS) is 17.8. The fourth-order valence-electron chi connectivity index (χ4n) is 4.50. The number of fused-ring (bicyclic) bond motifs is 4. The lowest BCUT2D eigenvalue weighted by Gasteiger charge is -2.24. The van der Waals surface area contributed by atoms with Crippen LogP contribution in [0.2, 0.25) is 0 Å². The summed E-state index contributed by atoms with van der Waals surface area (Å²) in [5, 5.41) is 4.12. The lowest BCUT2D eigenvalue weighted by atomic mass is 9.91. The van der Waals surface area contributed by atoms with E-state index in [2.05, 4.69) is 16.4 Å². The molecule has 1 atom stereocenters. The molecular weight excluding hydrogens is 355 g/mol. The number of benzene rings is 2. The molecule has 0 radical (unpaired) electrons. The van der Waals surface area contributed by atoms with Crippen molar-refractivity contribution in [1.82, 2.24) is 10.3 Å². The van der Waals surface area contributed by atoms with Gasteiger partial charge in [-0.05, 0) is 66.6 Å². The van der Waals surface area contributed by atoms with Gasteiger partial charge >= 0.3 is 0 Å². The zero-order chi connectivity index (χ0) is 19.1. The van der Waals surface area contributed by atoms with E-state index in [1.165, 1.54) is 17.2 Å². The third-order valence-corrected chi connectivity index (χ3v) is 5.90. The zero-order valence-corrected chi connectivity index (χ0v) is 15.7. The van der Waals surface area contributed by atoms with Crippen LogP contribution < -0.4 is 10.1 Å². The minimum Gasteiger partial charge on any atom is -0.493 e. The molecule has 1 amide bonds. The smallest absolute Gasteiger partial charge is 0.220 e. The molecule has 4 nitrogen and oxygen atoms in total. The van der Waals surface area contributed by atoms with E-state index in [4.69, 9.17) is 4.74 Å². The number of aryl methyl sites for hydroxylation is 2. The van der Waals surface area contributed by atoms with E-state index in [1.54, 1.807) is 12.1 Å². The lowest BCUT2D eigenvalue weighted by Crippen LogP contribution is -2.31. The van der Waals surface area contributed by atoms with Crippen LogP contribution in [0.25, 0.3) is 10.9 Å². The number of aromatic amines is 1. The first-order valence-electron chi connectivity index (χ1n) is 10.0. The van der Waals surface area contributed by atoms with Crippen LogP contribution in [0.1, 0.15) is 47.7 Å². The third-order valence-electron chi connectivity index (χ3n) is 5.90. The SMILES string of the molecule is O=C(CCc1ccc2c(c1)CCO2)N[C@@H]1CCCc2c1[nH]c1ccc(F)cc21. The summed E-state index contributed by atoms with van der Waals surface area (Å²) >= 11 is 0. The van der Waals surface area contributed by atoms with Crippen LogP contribution >= 0.6 is 0 Å². The van der Waals surface area contributed by atoms with E-state index in [0.29, 0.717) is 6.42 Å². The number of ether oxygens (including phenoxy) is 1. The highest BCUT2D eigenvalue weighted by atomic mass is 19.1. The van der Waals surface area contributed by atoms with Crippen molar-refractivity contribution in [2.45, 2.75) is 44.6 Å². The van der Waals surface area contributed by atoms with Crippen LogP contribution in [0.3, 0.4) is 0 Å². The molecule has 0 fully saturated rings. The Hall–Kier alpha value is -2.82. The number of carbonyl (C=O) groups is 1. The van der Waals surface area contributed by atoms with Gasteiger partial charge in [0.1, 0.15) is 11.6 Å². The summed E-state index contributed by atoms with van der Waals surface area (Å²) in [7, 11) is 0. The highest BCUT2D eigenvalue weighted by Crippen LogP contribution is 2.35. The minimum absolute atomic E-state index is 0.0277. The van der Waals surface area contributed by atoms with E-state index >= 15 is 0 Å². The van der Waals surface area contributed by atoms with Gasteiger partial charge in [-0.2, -0.15) is 0 Å². The number of halogens is 1. The van der Waals surface area contributed by atoms with Gasteiger partial charge in [-0.3, -0.25) is 4.79 Å². The first-order valence-corrected chi connectivity index (χ1v) is 10.0. The maximum atomic E-state index is 13.6. The van der Waals surface area contributed by atoms with Gasteiger partial charge in [-0.15, -0.1) is 0 Å². The molecule has 0 bridgehead atoms. The van der Waals surface area contributed by atoms with E-state index in [1.807, 2.05) is 12.1 Å². The average molecular weight is 378 g/mol. The number of aromatic nitrogens is 1. The van der Waals surface area contributed by atoms with Gasteiger partial charge in [0.05, 0.1) is 12.6 Å². The van der Waals surface area contributed by atoms with Gasteiger partial charge in [0, 0.05) is 29.4 Å². The standard InChI is InChI=1S/C23H23FN2O2/c24-16-6-7-19-18(13-16)17-2-1-3-20(23(17)26-19)25-22(27)9-5-14-4-8-21-15(12-14)10-11-28-21/h4,6-8,12-13,20,26H,1-3,5,9-11H2,(H,25,27)/t20-/m1/s1. The quantitative estimate of drug-likeness (QED) is 0.708. The molecule has 0 saturated carbocycles. The van der Waals surface area contributed by atoms with Crippen LogP contribution in [0, 0.1) is 5.82 Å². The molecule has 1 aromatic heterocycles. The van der Waals surface area contributed by atoms with Gasteiger partial charge in [0.2, 0.25) is 5.91 Å². The largest absolute Gasteiger partial charge is 0.493 e. The molecule has 5 rings (SSSR count). The minimum atomic E-state index is -0.222. The summed E-state index contributed by atoms with van der Waals surface area (Å²) in [6, 6.07) is 11.0. The Kier molecular flexibility index (Phi) is 4.30. The average Bonchev–Trinajstić information content (AvgIpc) is 3.31. The summed E-state index contributed by atoms with van der Waals surface area (Å²) in [4.78, 5) is 16.0. The van der Waals surface area contributed by atoms with Crippen molar-refractivity contribution < 1.29 is 13.9 Å². The van der Waals surface area contributed by atoms with Crippen LogP contribution in [0.15, 0.2) is 36.4 Å². The number of carbonyl (C=O) groups excluding carboxylic acids is 1. The molecule has 2 N–H and O–H groups in total. The highest BCUT2D eigenvalue weighted by Gasteiger charge is 2.25. The van der Waals surface area contributed by atoms with Crippen molar-refractivity contribution in [3.8, 4) is 5.75 Å².